The van der Waals surface area contributed by atoms with E-state index in [4.69, 9.17) is 4.74 Å². The largest absolute Gasteiger partial charge is 0.494 e. The monoisotopic (exact) mass is 410 g/mol. The Balaban J connectivity index is 1.77. The topological polar surface area (TPSA) is 67.4 Å². The summed E-state index contributed by atoms with van der Waals surface area (Å²) < 4.78 is 32.7. The number of hydrogen-bond donors (Lipinski definition) is 2. The van der Waals surface area contributed by atoms with Crippen LogP contribution in [0.4, 0.5) is 20.2 Å². The molecule has 0 unspecified atom stereocenters. The van der Waals surface area contributed by atoms with Crippen LogP contribution in [-0.4, -0.2) is 18.9 Å². The summed E-state index contributed by atoms with van der Waals surface area (Å²) in [7, 11) is 1.41. The van der Waals surface area contributed by atoms with Crippen molar-refractivity contribution >= 4 is 23.2 Å². The normalized spacial score (nSPS) is 10.4. The third-order valence-corrected chi connectivity index (χ3v) is 4.58. The van der Waals surface area contributed by atoms with E-state index in [2.05, 4.69) is 10.6 Å². The minimum atomic E-state index is -0.501. The molecule has 0 heterocycles. The minimum absolute atomic E-state index is 0.166. The molecule has 0 aliphatic carbocycles. The molecule has 2 amide bonds. The number of aryl methyl sites for hydroxylation is 2. The molecule has 0 atom stereocenters. The molecule has 2 N–H and O–H groups in total. The molecule has 0 aliphatic heterocycles. The molecule has 30 heavy (non-hydrogen) atoms. The summed E-state index contributed by atoms with van der Waals surface area (Å²) in [5.74, 6) is -1.63. The van der Waals surface area contributed by atoms with Crippen molar-refractivity contribution in [1.82, 2.24) is 0 Å². The highest BCUT2D eigenvalue weighted by molar-refractivity contribution is 6.06. The molecule has 7 heteroatoms. The molecule has 0 bridgehead atoms. The Hall–Kier alpha value is -3.74. The summed E-state index contributed by atoms with van der Waals surface area (Å²) in [6.45, 7) is 3.22. The van der Waals surface area contributed by atoms with E-state index in [9.17, 15) is 18.4 Å². The van der Waals surface area contributed by atoms with Crippen molar-refractivity contribution in [3.63, 3.8) is 0 Å². The number of hydrogen-bond acceptors (Lipinski definition) is 3. The van der Waals surface area contributed by atoms with Crippen LogP contribution in [0.1, 0.15) is 31.8 Å². The van der Waals surface area contributed by atoms with Gasteiger partial charge >= 0.3 is 0 Å². The summed E-state index contributed by atoms with van der Waals surface area (Å²) in [5, 5.41) is 5.32. The third-order valence-electron chi connectivity index (χ3n) is 4.58. The van der Waals surface area contributed by atoms with Gasteiger partial charge in [-0.05, 0) is 61.4 Å². The van der Waals surface area contributed by atoms with Crippen LogP contribution in [0.15, 0.2) is 54.6 Å². The zero-order chi connectivity index (χ0) is 21.8. The van der Waals surface area contributed by atoms with Gasteiger partial charge in [0.1, 0.15) is 17.4 Å². The molecule has 0 aromatic heterocycles. The number of ether oxygens (including phenoxy) is 1. The Labute approximate surface area is 172 Å². The fourth-order valence-electron chi connectivity index (χ4n) is 2.74. The van der Waals surface area contributed by atoms with Crippen molar-refractivity contribution in [2.75, 3.05) is 17.7 Å². The maximum atomic E-state index is 13.7. The second kappa shape index (κ2) is 8.73. The molecule has 154 valence electrons. The van der Waals surface area contributed by atoms with Gasteiger partial charge < -0.3 is 15.4 Å². The van der Waals surface area contributed by atoms with Crippen LogP contribution in [-0.2, 0) is 0 Å². The molecule has 0 aliphatic rings. The van der Waals surface area contributed by atoms with Crippen LogP contribution < -0.4 is 15.4 Å². The lowest BCUT2D eigenvalue weighted by molar-refractivity contribution is 0.101. The molecule has 5 nitrogen and oxygen atoms in total. The van der Waals surface area contributed by atoms with Crippen LogP contribution >= 0.6 is 0 Å². The van der Waals surface area contributed by atoms with Crippen molar-refractivity contribution in [3.05, 3.63) is 88.5 Å². The Kier molecular flexibility index (Phi) is 6.11. The molecular formula is C23H20F2N2O3. The molecular weight excluding hydrogens is 390 g/mol. The van der Waals surface area contributed by atoms with Crippen molar-refractivity contribution in [2.24, 2.45) is 0 Å². The first kappa shape index (κ1) is 21.0. The highest BCUT2D eigenvalue weighted by Gasteiger charge is 2.14. The predicted octanol–water partition coefficient (Wildman–Crippen LogP) is 5.09. The fraction of sp³-hybridized carbons (Fsp3) is 0.130. The number of amides is 2. The van der Waals surface area contributed by atoms with Crippen molar-refractivity contribution in [1.29, 1.82) is 0 Å². The van der Waals surface area contributed by atoms with Gasteiger partial charge in [0.2, 0.25) is 0 Å². The molecule has 0 spiro atoms. The van der Waals surface area contributed by atoms with E-state index in [1.54, 1.807) is 26.0 Å². The standard InChI is InChI=1S/C23H20F2N2O3/c1-13-4-6-15(10-18(13)24)22(28)26-17-8-9-20(21(12-17)30-3)27-23(29)16-7-5-14(2)19(25)11-16/h4-12H,1-3H3,(H,26,28)(H,27,29). The second-order valence-electron chi connectivity index (χ2n) is 6.75. The van der Waals surface area contributed by atoms with Gasteiger partial charge in [0, 0.05) is 22.9 Å². The quantitative estimate of drug-likeness (QED) is 0.615. The van der Waals surface area contributed by atoms with E-state index >= 15 is 0 Å². The van der Waals surface area contributed by atoms with E-state index in [0.29, 0.717) is 28.3 Å². The van der Waals surface area contributed by atoms with Crippen molar-refractivity contribution in [2.45, 2.75) is 13.8 Å². The van der Waals surface area contributed by atoms with E-state index in [1.165, 1.54) is 37.4 Å². The number of nitrogens with one attached hydrogen (secondary N) is 2. The average Bonchev–Trinajstić information content (AvgIpc) is 2.72. The maximum Gasteiger partial charge on any atom is 0.255 e. The number of halogens is 2. The maximum absolute atomic E-state index is 13.7. The van der Waals surface area contributed by atoms with Gasteiger partial charge in [0.15, 0.2) is 0 Å². The molecule has 0 saturated carbocycles. The van der Waals surface area contributed by atoms with Crippen LogP contribution in [0.25, 0.3) is 0 Å². The van der Waals surface area contributed by atoms with Crippen molar-refractivity contribution in [3.8, 4) is 5.75 Å². The van der Waals surface area contributed by atoms with Gasteiger partial charge in [0.05, 0.1) is 12.8 Å². The summed E-state index contributed by atoms with van der Waals surface area (Å²) in [4.78, 5) is 24.8. The second-order valence-corrected chi connectivity index (χ2v) is 6.75. The van der Waals surface area contributed by atoms with Gasteiger partial charge in [-0.25, -0.2) is 8.78 Å². The molecule has 3 rings (SSSR count). The molecule has 3 aromatic rings. The lowest BCUT2D eigenvalue weighted by Gasteiger charge is -2.13. The Bertz CT molecular complexity index is 1130. The molecule has 0 saturated heterocycles. The lowest BCUT2D eigenvalue weighted by Crippen LogP contribution is -2.14. The van der Waals surface area contributed by atoms with Gasteiger partial charge in [0.25, 0.3) is 11.8 Å². The minimum Gasteiger partial charge on any atom is -0.494 e. The first-order valence-corrected chi connectivity index (χ1v) is 9.11. The van der Waals surface area contributed by atoms with Crippen molar-refractivity contribution < 1.29 is 23.1 Å². The zero-order valence-electron chi connectivity index (χ0n) is 16.7. The predicted molar refractivity (Wildman–Crippen MR) is 111 cm³/mol. The number of benzene rings is 3. The number of methoxy groups -OCH3 is 1. The Morgan fingerprint density at radius 2 is 1.30 bits per heavy atom. The van der Waals surface area contributed by atoms with Gasteiger partial charge in [-0.2, -0.15) is 0 Å². The SMILES string of the molecule is COc1cc(NC(=O)c2ccc(C)c(F)c2)ccc1NC(=O)c1ccc(C)c(F)c1. The fourth-order valence-corrected chi connectivity index (χ4v) is 2.74. The first-order valence-electron chi connectivity index (χ1n) is 9.11. The highest BCUT2D eigenvalue weighted by atomic mass is 19.1. The smallest absolute Gasteiger partial charge is 0.255 e. The Morgan fingerprint density at radius 1 is 0.767 bits per heavy atom. The first-order chi connectivity index (χ1) is 14.3. The van der Waals surface area contributed by atoms with Crippen LogP contribution in [0.2, 0.25) is 0 Å². The van der Waals surface area contributed by atoms with Crippen LogP contribution in [0.5, 0.6) is 5.75 Å². The van der Waals surface area contributed by atoms with E-state index < -0.39 is 23.4 Å². The lowest BCUT2D eigenvalue weighted by atomic mass is 10.1. The zero-order valence-corrected chi connectivity index (χ0v) is 16.7. The summed E-state index contributed by atoms with van der Waals surface area (Å²) in [5.41, 5.74) is 1.98. The number of carbonyl (C=O) groups excluding carboxylic acids is 2. The van der Waals surface area contributed by atoms with Crippen LogP contribution in [0, 0.1) is 25.5 Å². The number of rotatable bonds is 5. The average molecular weight is 410 g/mol. The molecule has 3 aromatic carbocycles. The van der Waals surface area contributed by atoms with E-state index in [-0.39, 0.29) is 11.1 Å². The van der Waals surface area contributed by atoms with Crippen LogP contribution in [0.3, 0.4) is 0 Å². The molecule has 0 fully saturated rings. The van der Waals surface area contributed by atoms with E-state index in [0.717, 1.165) is 12.1 Å². The summed E-state index contributed by atoms with van der Waals surface area (Å²) in [6, 6.07) is 13.1. The third kappa shape index (κ3) is 4.63. The van der Waals surface area contributed by atoms with Gasteiger partial charge in [-0.3, -0.25) is 9.59 Å². The molecule has 0 radical (unpaired) electrons. The number of carbonyl (C=O) groups is 2. The van der Waals surface area contributed by atoms with Gasteiger partial charge in [-0.1, -0.05) is 12.1 Å². The Morgan fingerprint density at radius 3 is 1.80 bits per heavy atom. The summed E-state index contributed by atoms with van der Waals surface area (Å²) >= 11 is 0. The highest BCUT2D eigenvalue weighted by Crippen LogP contribution is 2.29. The summed E-state index contributed by atoms with van der Waals surface area (Å²) in [6.07, 6.45) is 0. The van der Waals surface area contributed by atoms with E-state index in [1.807, 2.05) is 0 Å². The number of anilines is 2. The van der Waals surface area contributed by atoms with Gasteiger partial charge in [-0.15, -0.1) is 0 Å².